The van der Waals surface area contributed by atoms with E-state index in [9.17, 15) is 5.11 Å². The molecule has 3 nitrogen and oxygen atoms in total. The normalized spacial score (nSPS) is 17.0. The summed E-state index contributed by atoms with van der Waals surface area (Å²) in [6.45, 7) is 5.40. The number of aryl methyl sites for hydroxylation is 1. The number of aliphatic hydroxyl groups is 1. The Labute approximate surface area is 147 Å². The van der Waals surface area contributed by atoms with Crippen LogP contribution in [0.2, 0.25) is 0 Å². The first-order valence-electron chi connectivity index (χ1n) is 9.62. The van der Waals surface area contributed by atoms with E-state index >= 15 is 0 Å². The number of aliphatic hydroxyl groups excluding tert-OH is 1. The highest BCUT2D eigenvalue weighted by Gasteiger charge is 2.33. The zero-order valence-electron chi connectivity index (χ0n) is 15.5. The molecule has 0 aromatic heterocycles. The van der Waals surface area contributed by atoms with Crippen molar-refractivity contribution in [2.24, 2.45) is 17.6 Å². The molecule has 0 radical (unpaired) electrons. The molecule has 3 heteroatoms. The van der Waals surface area contributed by atoms with Gasteiger partial charge in [-0.2, -0.15) is 0 Å². The Balaban J connectivity index is 1.69. The lowest BCUT2D eigenvalue weighted by molar-refractivity contribution is 0.172. The van der Waals surface area contributed by atoms with Gasteiger partial charge >= 0.3 is 0 Å². The summed E-state index contributed by atoms with van der Waals surface area (Å²) in [6.07, 6.45) is 8.90. The van der Waals surface area contributed by atoms with Crippen LogP contribution in [0.4, 0.5) is 0 Å². The molecular weight excluding hydrogens is 298 g/mol. The van der Waals surface area contributed by atoms with Gasteiger partial charge in [0.2, 0.25) is 0 Å². The summed E-state index contributed by atoms with van der Waals surface area (Å²) in [7, 11) is 0. The SMILES string of the molecule is CC(C)CCCCOc1ccc(CCC(N)(CO)CC2CC2)cc1. The van der Waals surface area contributed by atoms with Crippen molar-refractivity contribution in [1.82, 2.24) is 0 Å². The van der Waals surface area contributed by atoms with Crippen LogP contribution in [0, 0.1) is 11.8 Å². The predicted molar refractivity (Wildman–Crippen MR) is 100 cm³/mol. The molecule has 2 rings (SSSR count). The summed E-state index contributed by atoms with van der Waals surface area (Å²) < 4.78 is 5.81. The van der Waals surface area contributed by atoms with E-state index in [1.807, 2.05) is 0 Å². The number of unbranched alkanes of at least 4 members (excludes halogenated alkanes) is 1. The van der Waals surface area contributed by atoms with Gasteiger partial charge in [0, 0.05) is 5.54 Å². The fraction of sp³-hybridized carbons (Fsp3) is 0.714. The molecule has 24 heavy (non-hydrogen) atoms. The molecule has 0 aliphatic heterocycles. The Bertz CT molecular complexity index is 467. The van der Waals surface area contributed by atoms with Gasteiger partial charge in [-0.05, 0) is 61.6 Å². The highest BCUT2D eigenvalue weighted by atomic mass is 16.5. The summed E-state index contributed by atoms with van der Waals surface area (Å²) in [5, 5.41) is 9.61. The minimum absolute atomic E-state index is 0.0844. The van der Waals surface area contributed by atoms with E-state index in [0.717, 1.165) is 49.9 Å². The number of nitrogens with two attached hydrogens (primary N) is 1. The largest absolute Gasteiger partial charge is 0.494 e. The zero-order chi connectivity index (χ0) is 17.4. The Morgan fingerprint density at radius 1 is 1.21 bits per heavy atom. The van der Waals surface area contributed by atoms with E-state index in [-0.39, 0.29) is 6.61 Å². The summed E-state index contributed by atoms with van der Waals surface area (Å²) in [4.78, 5) is 0. The second kappa shape index (κ2) is 9.43. The van der Waals surface area contributed by atoms with Crippen LogP contribution in [0.1, 0.15) is 64.4 Å². The Morgan fingerprint density at radius 3 is 2.50 bits per heavy atom. The topological polar surface area (TPSA) is 55.5 Å². The lowest BCUT2D eigenvalue weighted by Gasteiger charge is -2.27. The van der Waals surface area contributed by atoms with Crippen LogP contribution < -0.4 is 10.5 Å². The van der Waals surface area contributed by atoms with Gasteiger partial charge in [-0.25, -0.2) is 0 Å². The maximum absolute atomic E-state index is 9.61. The fourth-order valence-corrected chi connectivity index (χ4v) is 3.13. The first kappa shape index (κ1) is 19.3. The molecule has 1 saturated carbocycles. The first-order valence-corrected chi connectivity index (χ1v) is 9.62. The van der Waals surface area contributed by atoms with Gasteiger partial charge in [-0.3, -0.25) is 0 Å². The summed E-state index contributed by atoms with van der Waals surface area (Å²) in [6, 6.07) is 8.35. The van der Waals surface area contributed by atoms with Gasteiger partial charge in [0.25, 0.3) is 0 Å². The molecule has 3 N–H and O–H groups in total. The molecule has 1 aliphatic carbocycles. The quantitative estimate of drug-likeness (QED) is 0.560. The fourth-order valence-electron chi connectivity index (χ4n) is 3.13. The third-order valence-electron chi connectivity index (χ3n) is 4.99. The molecule has 0 spiro atoms. The highest BCUT2D eigenvalue weighted by Crippen LogP contribution is 2.37. The van der Waals surface area contributed by atoms with Crippen LogP contribution >= 0.6 is 0 Å². The van der Waals surface area contributed by atoms with E-state index in [2.05, 4.69) is 38.1 Å². The second-order valence-corrected chi connectivity index (χ2v) is 8.05. The van der Waals surface area contributed by atoms with Gasteiger partial charge in [0.15, 0.2) is 0 Å². The molecule has 1 fully saturated rings. The third-order valence-corrected chi connectivity index (χ3v) is 4.99. The maximum Gasteiger partial charge on any atom is 0.119 e. The van der Waals surface area contributed by atoms with Crippen LogP contribution in [0.5, 0.6) is 5.75 Å². The Kier molecular flexibility index (Phi) is 7.57. The third kappa shape index (κ3) is 7.23. The van der Waals surface area contributed by atoms with Crippen molar-refractivity contribution in [2.45, 2.75) is 70.8 Å². The Morgan fingerprint density at radius 2 is 1.92 bits per heavy atom. The minimum Gasteiger partial charge on any atom is -0.494 e. The van der Waals surface area contributed by atoms with Crippen molar-refractivity contribution >= 4 is 0 Å². The average molecular weight is 334 g/mol. The maximum atomic E-state index is 9.61. The number of benzene rings is 1. The van der Waals surface area contributed by atoms with Crippen molar-refractivity contribution < 1.29 is 9.84 Å². The molecule has 0 heterocycles. The van der Waals surface area contributed by atoms with Gasteiger partial charge in [-0.15, -0.1) is 0 Å². The van der Waals surface area contributed by atoms with E-state index in [1.54, 1.807) is 0 Å². The standard InChI is InChI=1S/C21H35NO2/c1-17(2)5-3-4-14-24-20-10-8-18(9-11-20)12-13-21(22,16-23)15-19-6-7-19/h8-11,17,19,23H,3-7,12-16,22H2,1-2H3. The summed E-state index contributed by atoms with van der Waals surface area (Å²) in [5.74, 6) is 2.47. The zero-order valence-corrected chi connectivity index (χ0v) is 15.5. The van der Waals surface area contributed by atoms with Crippen molar-refractivity contribution in [3.8, 4) is 5.75 Å². The second-order valence-electron chi connectivity index (χ2n) is 8.05. The van der Waals surface area contributed by atoms with Crippen LogP contribution in [0.25, 0.3) is 0 Å². The molecule has 0 bridgehead atoms. The van der Waals surface area contributed by atoms with E-state index in [0.29, 0.717) is 0 Å². The minimum atomic E-state index is -0.410. The molecule has 1 aromatic rings. The smallest absolute Gasteiger partial charge is 0.119 e. The molecule has 0 saturated heterocycles. The molecule has 0 amide bonds. The van der Waals surface area contributed by atoms with E-state index in [1.165, 1.54) is 31.2 Å². The Hall–Kier alpha value is -1.06. The summed E-state index contributed by atoms with van der Waals surface area (Å²) >= 11 is 0. The number of rotatable bonds is 12. The summed E-state index contributed by atoms with van der Waals surface area (Å²) in [5.41, 5.74) is 7.21. The van der Waals surface area contributed by atoms with Crippen molar-refractivity contribution in [3.05, 3.63) is 29.8 Å². The lowest BCUT2D eigenvalue weighted by Crippen LogP contribution is -2.44. The van der Waals surface area contributed by atoms with Crippen LogP contribution in [0.3, 0.4) is 0 Å². The van der Waals surface area contributed by atoms with E-state index in [4.69, 9.17) is 10.5 Å². The molecule has 1 atom stereocenters. The number of hydrogen-bond acceptors (Lipinski definition) is 3. The average Bonchev–Trinajstić information content (AvgIpc) is 3.37. The molecule has 1 aromatic carbocycles. The van der Waals surface area contributed by atoms with Gasteiger partial charge < -0.3 is 15.6 Å². The van der Waals surface area contributed by atoms with Gasteiger partial charge in [0.1, 0.15) is 5.75 Å². The molecule has 1 aliphatic rings. The monoisotopic (exact) mass is 333 g/mol. The molecular formula is C21H35NO2. The van der Waals surface area contributed by atoms with E-state index < -0.39 is 5.54 Å². The molecule has 136 valence electrons. The van der Waals surface area contributed by atoms with Crippen LogP contribution in [-0.4, -0.2) is 23.9 Å². The lowest BCUT2D eigenvalue weighted by atomic mass is 9.88. The van der Waals surface area contributed by atoms with Crippen molar-refractivity contribution in [1.29, 1.82) is 0 Å². The molecule has 1 unspecified atom stereocenters. The number of hydrogen-bond donors (Lipinski definition) is 2. The van der Waals surface area contributed by atoms with Crippen LogP contribution in [-0.2, 0) is 6.42 Å². The highest BCUT2D eigenvalue weighted by molar-refractivity contribution is 5.27. The van der Waals surface area contributed by atoms with Crippen LogP contribution in [0.15, 0.2) is 24.3 Å². The van der Waals surface area contributed by atoms with Gasteiger partial charge in [0.05, 0.1) is 13.2 Å². The first-order chi connectivity index (χ1) is 11.5. The van der Waals surface area contributed by atoms with Crippen molar-refractivity contribution in [2.75, 3.05) is 13.2 Å². The van der Waals surface area contributed by atoms with Gasteiger partial charge in [-0.1, -0.05) is 45.2 Å². The van der Waals surface area contributed by atoms with Crippen molar-refractivity contribution in [3.63, 3.8) is 0 Å². The number of ether oxygens (including phenoxy) is 1. The predicted octanol–water partition coefficient (Wildman–Crippen LogP) is 4.31.